The van der Waals surface area contributed by atoms with Gasteiger partial charge in [0.25, 0.3) is 10.0 Å². The molecule has 0 amide bonds. The van der Waals surface area contributed by atoms with Crippen molar-refractivity contribution in [1.82, 2.24) is 0 Å². The topological polar surface area (TPSA) is 46.2 Å². The van der Waals surface area contributed by atoms with Crippen LogP contribution >= 0.6 is 63.7 Å². The van der Waals surface area contributed by atoms with Gasteiger partial charge in [-0.05, 0) is 62.2 Å². The molecule has 0 fully saturated rings. The molecule has 0 unspecified atom stereocenters. The van der Waals surface area contributed by atoms with Gasteiger partial charge in [0.1, 0.15) is 0 Å². The van der Waals surface area contributed by atoms with Crippen molar-refractivity contribution in [3.05, 3.63) is 54.3 Å². The van der Waals surface area contributed by atoms with Gasteiger partial charge in [0.15, 0.2) is 0 Å². The molecule has 3 nitrogen and oxygen atoms in total. The van der Waals surface area contributed by atoms with Crippen LogP contribution in [0.4, 0.5) is 5.69 Å². The zero-order valence-electron chi connectivity index (χ0n) is 9.70. The summed E-state index contributed by atoms with van der Waals surface area (Å²) in [7, 11) is -3.65. The summed E-state index contributed by atoms with van der Waals surface area (Å²) in [6, 6.07) is 10.1. The van der Waals surface area contributed by atoms with Crippen LogP contribution in [0.15, 0.2) is 59.2 Å². The van der Waals surface area contributed by atoms with Crippen molar-refractivity contribution in [2.45, 2.75) is 4.90 Å². The third-order valence-electron chi connectivity index (χ3n) is 2.35. The lowest BCUT2D eigenvalue weighted by molar-refractivity contribution is 0.601. The van der Waals surface area contributed by atoms with E-state index in [-0.39, 0.29) is 4.90 Å². The summed E-state index contributed by atoms with van der Waals surface area (Å²) in [6.45, 7) is 0. The zero-order valence-corrected chi connectivity index (χ0v) is 16.9. The molecule has 0 bridgehead atoms. The fraction of sp³-hybridized carbons (Fsp3) is 0. The lowest BCUT2D eigenvalue weighted by Crippen LogP contribution is -2.13. The van der Waals surface area contributed by atoms with Gasteiger partial charge in [-0.2, -0.15) is 0 Å². The Morgan fingerprint density at radius 3 is 2.00 bits per heavy atom. The van der Waals surface area contributed by atoms with Gasteiger partial charge in [-0.25, -0.2) is 8.42 Å². The van der Waals surface area contributed by atoms with Gasteiger partial charge in [-0.1, -0.05) is 37.9 Å². The Labute approximate surface area is 150 Å². The zero-order chi connectivity index (χ0) is 14.9. The minimum atomic E-state index is -3.65. The predicted molar refractivity (Wildman–Crippen MR) is 94.5 cm³/mol. The van der Waals surface area contributed by atoms with Crippen molar-refractivity contribution in [2.24, 2.45) is 0 Å². The molecule has 0 aliphatic carbocycles. The molecule has 2 rings (SSSR count). The molecule has 0 atom stereocenters. The van der Waals surface area contributed by atoms with Crippen LogP contribution in [0.25, 0.3) is 0 Å². The van der Waals surface area contributed by atoms with Gasteiger partial charge in [0, 0.05) is 17.9 Å². The smallest absolute Gasteiger partial charge is 0.262 e. The SMILES string of the molecule is O=S(=O)(Nc1c(Br)cc(Br)cc1Br)c1cccc(Br)c1. The van der Waals surface area contributed by atoms with E-state index < -0.39 is 10.0 Å². The first-order chi connectivity index (χ1) is 9.29. The molecule has 0 radical (unpaired) electrons. The Bertz CT molecular complexity index is 739. The van der Waals surface area contributed by atoms with Crippen LogP contribution in [0.5, 0.6) is 0 Å². The summed E-state index contributed by atoms with van der Waals surface area (Å²) < 4.78 is 30.1. The number of sulfonamides is 1. The highest BCUT2D eigenvalue weighted by Crippen LogP contribution is 2.35. The number of anilines is 1. The van der Waals surface area contributed by atoms with E-state index in [9.17, 15) is 8.42 Å². The quantitative estimate of drug-likeness (QED) is 0.548. The largest absolute Gasteiger partial charge is 0.277 e. The van der Waals surface area contributed by atoms with Gasteiger partial charge in [-0.3, -0.25) is 4.72 Å². The first kappa shape index (κ1) is 16.5. The van der Waals surface area contributed by atoms with E-state index in [1.807, 2.05) is 0 Å². The standard InChI is InChI=1S/C12H7Br4NO2S/c13-7-2-1-3-9(4-7)20(18,19)17-12-10(15)5-8(14)6-11(12)16/h1-6,17H. The van der Waals surface area contributed by atoms with E-state index >= 15 is 0 Å². The van der Waals surface area contributed by atoms with E-state index in [4.69, 9.17) is 0 Å². The average molecular weight is 549 g/mol. The van der Waals surface area contributed by atoms with Crippen LogP contribution in [0.3, 0.4) is 0 Å². The molecule has 0 aliphatic heterocycles. The van der Waals surface area contributed by atoms with E-state index in [2.05, 4.69) is 68.4 Å². The van der Waals surface area contributed by atoms with Crippen molar-refractivity contribution >= 4 is 79.4 Å². The summed E-state index contributed by atoms with van der Waals surface area (Å²) in [4.78, 5) is 0.189. The lowest BCUT2D eigenvalue weighted by Gasteiger charge is -2.12. The minimum Gasteiger partial charge on any atom is -0.277 e. The highest BCUT2D eigenvalue weighted by Gasteiger charge is 2.18. The maximum atomic E-state index is 12.4. The van der Waals surface area contributed by atoms with Crippen molar-refractivity contribution in [2.75, 3.05) is 4.72 Å². The molecular weight excluding hydrogens is 542 g/mol. The predicted octanol–water partition coefficient (Wildman–Crippen LogP) is 5.54. The number of rotatable bonds is 3. The number of benzene rings is 2. The second-order valence-electron chi connectivity index (χ2n) is 3.81. The number of halogens is 4. The maximum absolute atomic E-state index is 12.4. The van der Waals surface area contributed by atoms with Crippen LogP contribution in [0, 0.1) is 0 Å². The van der Waals surface area contributed by atoms with Crippen LogP contribution in [-0.2, 0) is 10.0 Å². The summed E-state index contributed by atoms with van der Waals surface area (Å²) in [5.74, 6) is 0. The van der Waals surface area contributed by atoms with E-state index in [0.29, 0.717) is 19.1 Å². The molecule has 8 heteroatoms. The molecule has 2 aromatic rings. The molecule has 2 aromatic carbocycles. The Morgan fingerprint density at radius 1 is 0.850 bits per heavy atom. The summed E-state index contributed by atoms with van der Waals surface area (Å²) in [5, 5.41) is 0. The molecule has 0 aromatic heterocycles. The van der Waals surface area contributed by atoms with Crippen molar-refractivity contribution < 1.29 is 8.42 Å². The van der Waals surface area contributed by atoms with Crippen molar-refractivity contribution in [1.29, 1.82) is 0 Å². The number of nitrogens with one attached hydrogen (secondary N) is 1. The fourth-order valence-corrected chi connectivity index (χ4v) is 5.88. The van der Waals surface area contributed by atoms with Crippen LogP contribution in [0.1, 0.15) is 0 Å². The van der Waals surface area contributed by atoms with E-state index in [1.165, 1.54) is 6.07 Å². The molecule has 0 saturated carbocycles. The van der Waals surface area contributed by atoms with Crippen molar-refractivity contribution in [3.8, 4) is 0 Å². The third kappa shape index (κ3) is 3.85. The van der Waals surface area contributed by atoms with Crippen LogP contribution < -0.4 is 4.72 Å². The Balaban J connectivity index is 2.44. The normalized spacial score (nSPS) is 11.4. The highest BCUT2D eigenvalue weighted by atomic mass is 79.9. The molecular formula is C12H7Br4NO2S. The Hall–Kier alpha value is 0.110. The second-order valence-corrected chi connectivity index (χ2v) is 9.03. The minimum absolute atomic E-state index is 0.189. The molecule has 20 heavy (non-hydrogen) atoms. The van der Waals surface area contributed by atoms with Crippen LogP contribution in [-0.4, -0.2) is 8.42 Å². The molecule has 106 valence electrons. The average Bonchev–Trinajstić information content (AvgIpc) is 2.34. The van der Waals surface area contributed by atoms with Crippen LogP contribution in [0.2, 0.25) is 0 Å². The Kier molecular flexibility index (Phi) is 5.34. The van der Waals surface area contributed by atoms with Gasteiger partial charge in [0.05, 0.1) is 10.6 Å². The number of hydrogen-bond donors (Lipinski definition) is 1. The summed E-state index contributed by atoms with van der Waals surface area (Å²) in [6.07, 6.45) is 0. The first-order valence-corrected chi connectivity index (χ1v) is 9.88. The van der Waals surface area contributed by atoms with E-state index in [1.54, 1.807) is 30.3 Å². The van der Waals surface area contributed by atoms with Gasteiger partial charge >= 0.3 is 0 Å². The van der Waals surface area contributed by atoms with E-state index in [0.717, 1.165) is 4.47 Å². The Morgan fingerprint density at radius 2 is 1.45 bits per heavy atom. The maximum Gasteiger partial charge on any atom is 0.262 e. The molecule has 0 heterocycles. The monoisotopic (exact) mass is 545 g/mol. The van der Waals surface area contributed by atoms with Gasteiger partial charge in [0.2, 0.25) is 0 Å². The lowest BCUT2D eigenvalue weighted by atomic mass is 10.3. The summed E-state index contributed by atoms with van der Waals surface area (Å²) >= 11 is 13.3. The molecule has 1 N–H and O–H groups in total. The van der Waals surface area contributed by atoms with Gasteiger partial charge in [-0.15, -0.1) is 0 Å². The first-order valence-electron chi connectivity index (χ1n) is 5.22. The highest BCUT2D eigenvalue weighted by molar-refractivity contribution is 9.11. The van der Waals surface area contributed by atoms with Gasteiger partial charge < -0.3 is 0 Å². The molecule has 0 aliphatic rings. The molecule has 0 spiro atoms. The third-order valence-corrected chi connectivity index (χ3v) is 5.90. The number of hydrogen-bond acceptors (Lipinski definition) is 2. The second kappa shape index (κ2) is 6.48. The summed E-state index contributed by atoms with van der Waals surface area (Å²) in [5.41, 5.74) is 0.452. The molecule has 0 saturated heterocycles. The fourth-order valence-electron chi connectivity index (χ4n) is 1.47. The van der Waals surface area contributed by atoms with Crippen molar-refractivity contribution in [3.63, 3.8) is 0 Å².